The van der Waals surface area contributed by atoms with Gasteiger partial charge in [0, 0.05) is 38.3 Å². The topological polar surface area (TPSA) is 47.7 Å². The molecule has 2 rings (SSSR count). The summed E-state index contributed by atoms with van der Waals surface area (Å²) >= 11 is 0. The van der Waals surface area contributed by atoms with E-state index in [1.54, 1.807) is 14.2 Å². The summed E-state index contributed by atoms with van der Waals surface area (Å²) in [6.45, 7) is 4.96. The normalized spacial score (nSPS) is 21.6. The molecule has 1 aliphatic rings. The summed E-state index contributed by atoms with van der Waals surface area (Å²) in [5, 5.41) is 0. The molecule has 2 N–H and O–H groups in total. The third-order valence-electron chi connectivity index (χ3n) is 3.79. The first kappa shape index (κ1) is 14.3. The van der Waals surface area contributed by atoms with Crippen molar-refractivity contribution in [1.82, 2.24) is 4.90 Å². The van der Waals surface area contributed by atoms with Crippen LogP contribution in [0, 0.1) is 0 Å². The first-order valence-corrected chi connectivity index (χ1v) is 6.81. The number of ether oxygens (including phenoxy) is 2. The zero-order valence-electron chi connectivity index (χ0n) is 12.1. The number of hydrogen-bond donors (Lipinski definition) is 1. The van der Waals surface area contributed by atoms with Crippen LogP contribution in [0.4, 0.5) is 0 Å². The number of methoxy groups -OCH3 is 2. The minimum atomic E-state index is 0.0509. The zero-order valence-corrected chi connectivity index (χ0v) is 12.1. The van der Waals surface area contributed by atoms with Gasteiger partial charge >= 0.3 is 0 Å². The number of benzene rings is 1. The second-order valence-corrected chi connectivity index (χ2v) is 5.24. The van der Waals surface area contributed by atoms with E-state index in [0.29, 0.717) is 6.10 Å². The van der Waals surface area contributed by atoms with Gasteiger partial charge in [-0.25, -0.2) is 0 Å². The third-order valence-corrected chi connectivity index (χ3v) is 3.79. The van der Waals surface area contributed by atoms with Crippen LogP contribution in [-0.2, 0) is 11.3 Å². The number of rotatable bonds is 5. The van der Waals surface area contributed by atoms with Crippen LogP contribution < -0.4 is 10.5 Å². The molecular weight excluding hydrogens is 240 g/mol. The molecule has 4 heteroatoms. The summed E-state index contributed by atoms with van der Waals surface area (Å²) in [6.07, 6.45) is 1.47. The van der Waals surface area contributed by atoms with Crippen molar-refractivity contribution in [2.75, 3.05) is 27.3 Å². The molecule has 19 heavy (non-hydrogen) atoms. The van der Waals surface area contributed by atoms with E-state index < -0.39 is 0 Å². The average Bonchev–Trinajstić information content (AvgIpc) is 2.86. The second kappa shape index (κ2) is 6.37. The molecule has 1 aromatic carbocycles. The fourth-order valence-corrected chi connectivity index (χ4v) is 2.58. The lowest BCUT2D eigenvalue weighted by molar-refractivity contribution is 0.107. The fraction of sp³-hybridized carbons (Fsp3) is 0.600. The second-order valence-electron chi connectivity index (χ2n) is 5.24. The highest BCUT2D eigenvalue weighted by atomic mass is 16.5. The van der Waals surface area contributed by atoms with Gasteiger partial charge in [-0.15, -0.1) is 0 Å². The maximum absolute atomic E-state index is 5.95. The molecule has 0 bridgehead atoms. The maximum atomic E-state index is 5.95. The van der Waals surface area contributed by atoms with E-state index in [2.05, 4.69) is 11.0 Å². The number of nitrogens with zero attached hydrogens (tertiary/aromatic N) is 1. The fourth-order valence-electron chi connectivity index (χ4n) is 2.58. The molecular formula is C15H24N2O2. The lowest BCUT2D eigenvalue weighted by Crippen LogP contribution is -2.23. The minimum Gasteiger partial charge on any atom is -0.496 e. The van der Waals surface area contributed by atoms with Crippen molar-refractivity contribution in [3.8, 4) is 5.75 Å². The zero-order chi connectivity index (χ0) is 13.8. The van der Waals surface area contributed by atoms with E-state index in [4.69, 9.17) is 15.2 Å². The van der Waals surface area contributed by atoms with Gasteiger partial charge in [0.25, 0.3) is 0 Å². The first-order chi connectivity index (χ1) is 9.13. The molecule has 0 aliphatic carbocycles. The monoisotopic (exact) mass is 264 g/mol. The van der Waals surface area contributed by atoms with Crippen LogP contribution in [0.25, 0.3) is 0 Å². The van der Waals surface area contributed by atoms with E-state index in [0.717, 1.165) is 37.4 Å². The Bertz CT molecular complexity index is 421. The number of hydrogen-bond acceptors (Lipinski definition) is 4. The highest BCUT2D eigenvalue weighted by Gasteiger charge is 2.23. The predicted molar refractivity (Wildman–Crippen MR) is 76.3 cm³/mol. The van der Waals surface area contributed by atoms with E-state index >= 15 is 0 Å². The van der Waals surface area contributed by atoms with Crippen molar-refractivity contribution < 1.29 is 9.47 Å². The standard InChI is InChI=1S/C15H24N2O2/c1-11(16)12-4-5-15(19-3)13(8-12)9-17-7-6-14(10-17)18-2/h4-5,8,11,14H,6-7,9-10,16H2,1-3H3. The van der Waals surface area contributed by atoms with Gasteiger partial charge in [-0.1, -0.05) is 6.07 Å². The van der Waals surface area contributed by atoms with Gasteiger partial charge in [0.1, 0.15) is 5.75 Å². The number of likely N-dealkylation sites (tertiary alicyclic amines) is 1. The van der Waals surface area contributed by atoms with Crippen LogP contribution in [0.1, 0.15) is 30.5 Å². The summed E-state index contributed by atoms with van der Waals surface area (Å²) in [7, 11) is 3.50. The molecule has 0 aromatic heterocycles. The largest absolute Gasteiger partial charge is 0.496 e. The summed E-state index contributed by atoms with van der Waals surface area (Å²) in [5.74, 6) is 0.935. The molecule has 1 heterocycles. The van der Waals surface area contributed by atoms with E-state index in [-0.39, 0.29) is 6.04 Å². The van der Waals surface area contributed by atoms with Gasteiger partial charge in [-0.2, -0.15) is 0 Å². The molecule has 2 atom stereocenters. The van der Waals surface area contributed by atoms with Gasteiger partial charge in [-0.3, -0.25) is 4.90 Å². The van der Waals surface area contributed by atoms with Crippen LogP contribution in [0.5, 0.6) is 5.75 Å². The van der Waals surface area contributed by atoms with E-state index in [1.807, 2.05) is 19.1 Å². The third kappa shape index (κ3) is 3.47. The van der Waals surface area contributed by atoms with Crippen molar-refractivity contribution in [3.63, 3.8) is 0 Å². The minimum absolute atomic E-state index is 0.0509. The lowest BCUT2D eigenvalue weighted by Gasteiger charge is -2.19. The molecule has 2 unspecified atom stereocenters. The van der Waals surface area contributed by atoms with Gasteiger partial charge in [-0.05, 0) is 31.0 Å². The smallest absolute Gasteiger partial charge is 0.123 e. The van der Waals surface area contributed by atoms with Crippen LogP contribution in [0.15, 0.2) is 18.2 Å². The Kier molecular flexibility index (Phi) is 4.80. The van der Waals surface area contributed by atoms with Crippen molar-refractivity contribution in [2.45, 2.75) is 32.0 Å². The maximum Gasteiger partial charge on any atom is 0.123 e. The Balaban J connectivity index is 2.11. The molecule has 1 aliphatic heterocycles. The van der Waals surface area contributed by atoms with Gasteiger partial charge < -0.3 is 15.2 Å². The van der Waals surface area contributed by atoms with Crippen LogP contribution in [0.2, 0.25) is 0 Å². The molecule has 1 fully saturated rings. The van der Waals surface area contributed by atoms with Crippen molar-refractivity contribution >= 4 is 0 Å². The highest BCUT2D eigenvalue weighted by Crippen LogP contribution is 2.25. The molecule has 0 amide bonds. The summed E-state index contributed by atoms with van der Waals surface area (Å²) < 4.78 is 10.8. The van der Waals surface area contributed by atoms with Crippen molar-refractivity contribution in [2.24, 2.45) is 5.73 Å². The Morgan fingerprint density at radius 1 is 1.42 bits per heavy atom. The average molecular weight is 264 g/mol. The molecule has 0 radical (unpaired) electrons. The SMILES string of the molecule is COc1ccc(C(C)N)cc1CN1CCC(OC)C1. The van der Waals surface area contributed by atoms with Crippen LogP contribution in [-0.4, -0.2) is 38.3 Å². The van der Waals surface area contributed by atoms with Crippen molar-refractivity contribution in [3.05, 3.63) is 29.3 Å². The molecule has 4 nitrogen and oxygen atoms in total. The van der Waals surface area contributed by atoms with Gasteiger partial charge in [0.15, 0.2) is 0 Å². The van der Waals surface area contributed by atoms with Crippen LogP contribution >= 0.6 is 0 Å². The molecule has 0 saturated carbocycles. The summed E-state index contributed by atoms with van der Waals surface area (Å²) in [5.41, 5.74) is 8.31. The lowest BCUT2D eigenvalue weighted by atomic mass is 10.0. The number of nitrogens with two attached hydrogens (primary N) is 1. The Labute approximate surface area is 115 Å². The van der Waals surface area contributed by atoms with Gasteiger partial charge in [0.05, 0.1) is 13.2 Å². The Morgan fingerprint density at radius 3 is 2.79 bits per heavy atom. The van der Waals surface area contributed by atoms with E-state index in [9.17, 15) is 0 Å². The van der Waals surface area contributed by atoms with E-state index in [1.165, 1.54) is 5.56 Å². The quantitative estimate of drug-likeness (QED) is 0.883. The summed E-state index contributed by atoms with van der Waals surface area (Å²) in [6, 6.07) is 6.26. The Hall–Kier alpha value is -1.10. The molecule has 0 spiro atoms. The van der Waals surface area contributed by atoms with Gasteiger partial charge in [0.2, 0.25) is 0 Å². The van der Waals surface area contributed by atoms with Crippen molar-refractivity contribution in [1.29, 1.82) is 0 Å². The molecule has 106 valence electrons. The highest BCUT2D eigenvalue weighted by molar-refractivity contribution is 5.38. The van der Waals surface area contributed by atoms with Crippen LogP contribution in [0.3, 0.4) is 0 Å². The molecule has 1 saturated heterocycles. The Morgan fingerprint density at radius 2 is 2.21 bits per heavy atom. The predicted octanol–water partition coefficient (Wildman–Crippen LogP) is 1.94. The first-order valence-electron chi connectivity index (χ1n) is 6.81. The molecule has 1 aromatic rings. The summed E-state index contributed by atoms with van der Waals surface area (Å²) in [4.78, 5) is 2.40.